The topological polar surface area (TPSA) is 41.9 Å². The fourth-order valence-electron chi connectivity index (χ4n) is 4.40. The second-order valence-electron chi connectivity index (χ2n) is 7.86. The predicted octanol–water partition coefficient (Wildman–Crippen LogP) is 5.16. The number of halogens is 1. The summed E-state index contributed by atoms with van der Waals surface area (Å²) in [6.07, 6.45) is 4.33. The third kappa shape index (κ3) is 3.65. The summed E-state index contributed by atoms with van der Waals surface area (Å²) in [5.41, 5.74) is 5.02. The number of carbonyl (C=O) groups is 1. The number of benzene rings is 2. The maximum absolute atomic E-state index is 13.4. The Labute approximate surface area is 185 Å². The van der Waals surface area contributed by atoms with Gasteiger partial charge in [0.2, 0.25) is 5.91 Å². The molecule has 1 amide bonds. The Morgan fingerprint density at radius 3 is 2.68 bits per heavy atom. The minimum atomic E-state index is -0.278. The fourth-order valence-corrected chi connectivity index (χ4v) is 5.81. The first-order valence-corrected chi connectivity index (χ1v) is 11.3. The molecule has 0 saturated heterocycles. The lowest BCUT2D eigenvalue weighted by atomic mass is 9.91. The Balaban J connectivity index is 1.66. The summed E-state index contributed by atoms with van der Waals surface area (Å²) >= 11 is 1.71. The zero-order valence-corrected chi connectivity index (χ0v) is 18.2. The van der Waals surface area contributed by atoms with E-state index in [-0.39, 0.29) is 18.3 Å². The molecule has 0 saturated carbocycles. The Bertz CT molecular complexity index is 1170. The van der Waals surface area contributed by atoms with Gasteiger partial charge in [-0.25, -0.2) is 4.39 Å². The summed E-state index contributed by atoms with van der Waals surface area (Å²) in [7, 11) is 1.66. The van der Waals surface area contributed by atoms with E-state index in [1.165, 1.54) is 29.0 Å². The number of anilines is 1. The van der Waals surface area contributed by atoms with Crippen LogP contribution in [0, 0.1) is 5.82 Å². The number of aryl methyl sites for hydroxylation is 1. The number of para-hydroxylation sites is 1. The van der Waals surface area contributed by atoms with E-state index in [1.54, 1.807) is 30.6 Å². The summed E-state index contributed by atoms with van der Waals surface area (Å²) in [6.45, 7) is 0.477. The fraction of sp³-hybridized carbons (Fsp3) is 0.280. The summed E-state index contributed by atoms with van der Waals surface area (Å²) in [6, 6.07) is 14.2. The Hall–Kier alpha value is -2.99. The van der Waals surface area contributed by atoms with Crippen LogP contribution in [0.15, 0.2) is 53.5 Å². The van der Waals surface area contributed by atoms with Crippen molar-refractivity contribution in [2.75, 3.05) is 18.6 Å². The van der Waals surface area contributed by atoms with Crippen LogP contribution < -0.4 is 9.64 Å². The van der Waals surface area contributed by atoms with Gasteiger partial charge in [0.25, 0.3) is 0 Å². The number of hydrogen-bond donors (Lipinski definition) is 0. The average molecular weight is 435 g/mol. The lowest BCUT2D eigenvalue weighted by Crippen LogP contribution is -2.31. The van der Waals surface area contributed by atoms with E-state index in [0.717, 1.165) is 52.4 Å². The highest BCUT2D eigenvalue weighted by Gasteiger charge is 2.33. The largest absolute Gasteiger partial charge is 0.496 e. The third-order valence-electron chi connectivity index (χ3n) is 5.92. The number of amides is 1. The number of nitrogens with zero attached hydrogens (tertiary/aromatic N) is 2. The minimum Gasteiger partial charge on any atom is -0.496 e. The molecule has 31 heavy (non-hydrogen) atoms. The third-order valence-corrected chi connectivity index (χ3v) is 7.24. The van der Waals surface area contributed by atoms with Gasteiger partial charge in [-0.2, -0.15) is 0 Å². The lowest BCUT2D eigenvalue weighted by Gasteiger charge is -2.21. The molecule has 3 aromatic rings. The number of fused-ring (bicyclic) bond motifs is 3. The number of rotatable bonds is 4. The normalized spacial score (nSPS) is 15.7. The van der Waals surface area contributed by atoms with E-state index < -0.39 is 0 Å². The van der Waals surface area contributed by atoms with Gasteiger partial charge in [-0.1, -0.05) is 24.3 Å². The van der Waals surface area contributed by atoms with Crippen LogP contribution in [0.25, 0.3) is 0 Å². The minimum absolute atomic E-state index is 0.0472. The van der Waals surface area contributed by atoms with Gasteiger partial charge < -0.3 is 4.74 Å². The number of carbonyl (C=O) groups excluding carboxylic acids is 1. The molecule has 0 atom stereocenters. The van der Waals surface area contributed by atoms with Crippen molar-refractivity contribution in [3.05, 3.63) is 81.5 Å². The number of thiophene rings is 1. The van der Waals surface area contributed by atoms with Crippen molar-refractivity contribution in [2.24, 2.45) is 4.99 Å². The summed E-state index contributed by atoms with van der Waals surface area (Å²) < 4.78 is 19.0. The second-order valence-corrected chi connectivity index (χ2v) is 8.95. The molecule has 0 fully saturated rings. The van der Waals surface area contributed by atoms with Gasteiger partial charge in [0.1, 0.15) is 23.1 Å². The van der Waals surface area contributed by atoms with Gasteiger partial charge in [-0.15, -0.1) is 11.3 Å². The Kier molecular flexibility index (Phi) is 5.32. The molecule has 5 rings (SSSR count). The van der Waals surface area contributed by atoms with Crippen LogP contribution in [0.2, 0.25) is 0 Å². The van der Waals surface area contributed by atoms with Crippen LogP contribution in [-0.4, -0.2) is 25.3 Å². The van der Waals surface area contributed by atoms with E-state index >= 15 is 0 Å². The zero-order chi connectivity index (χ0) is 21.4. The molecule has 4 nitrogen and oxygen atoms in total. The molecule has 2 aromatic carbocycles. The highest BCUT2D eigenvalue weighted by molar-refractivity contribution is 7.17. The quantitative estimate of drug-likeness (QED) is 0.569. The molecule has 0 unspecified atom stereocenters. The van der Waals surface area contributed by atoms with Gasteiger partial charge in [-0.05, 0) is 61.1 Å². The smallest absolute Gasteiger partial charge is 0.249 e. The molecule has 2 heterocycles. The van der Waals surface area contributed by atoms with Crippen LogP contribution in [0.1, 0.15) is 40.0 Å². The standard InChI is InChI=1S/C25H23FN2O2S/c1-30-20-8-4-2-6-18(20)24-23-19-7-3-5-9-21(19)31-25(23)28(22(29)14-27-24)15-16-10-12-17(26)13-11-16/h2,4,6,8,10-13H,3,5,7,9,14-15H2,1H3. The highest BCUT2D eigenvalue weighted by Crippen LogP contribution is 2.44. The van der Waals surface area contributed by atoms with E-state index in [4.69, 9.17) is 9.73 Å². The molecule has 0 radical (unpaired) electrons. The summed E-state index contributed by atoms with van der Waals surface area (Å²) in [5, 5.41) is 0.948. The molecular formula is C25H23FN2O2S. The van der Waals surface area contributed by atoms with Crippen LogP contribution in [0.3, 0.4) is 0 Å². The number of hydrogen-bond acceptors (Lipinski definition) is 4. The molecule has 1 aromatic heterocycles. The number of ether oxygens (including phenoxy) is 1. The Morgan fingerprint density at radius 2 is 1.87 bits per heavy atom. The molecule has 1 aliphatic heterocycles. The number of aliphatic imine (C=N–C) groups is 1. The van der Waals surface area contributed by atoms with Crippen LogP contribution in [-0.2, 0) is 24.2 Å². The van der Waals surface area contributed by atoms with E-state index in [0.29, 0.717) is 6.54 Å². The van der Waals surface area contributed by atoms with Gasteiger partial charge >= 0.3 is 0 Å². The molecule has 0 spiro atoms. The van der Waals surface area contributed by atoms with Crippen molar-refractivity contribution in [3.8, 4) is 5.75 Å². The van der Waals surface area contributed by atoms with Crippen LogP contribution >= 0.6 is 11.3 Å². The molecule has 0 N–H and O–H groups in total. The average Bonchev–Trinajstić information content (AvgIpc) is 3.12. The summed E-state index contributed by atoms with van der Waals surface area (Å²) in [5.74, 6) is 0.427. The van der Waals surface area contributed by atoms with E-state index in [9.17, 15) is 9.18 Å². The van der Waals surface area contributed by atoms with Gasteiger partial charge in [-0.3, -0.25) is 14.7 Å². The predicted molar refractivity (Wildman–Crippen MR) is 122 cm³/mol. The molecular weight excluding hydrogens is 411 g/mol. The monoisotopic (exact) mass is 434 g/mol. The molecule has 158 valence electrons. The van der Waals surface area contributed by atoms with Gasteiger partial charge in [0.15, 0.2) is 0 Å². The van der Waals surface area contributed by atoms with Crippen LogP contribution in [0.4, 0.5) is 9.39 Å². The van der Waals surface area contributed by atoms with Crippen LogP contribution in [0.5, 0.6) is 5.75 Å². The van der Waals surface area contributed by atoms with Crippen molar-refractivity contribution in [1.82, 2.24) is 0 Å². The molecule has 6 heteroatoms. The first kappa shape index (κ1) is 19.9. The van der Waals surface area contributed by atoms with Gasteiger partial charge in [0.05, 0.1) is 19.4 Å². The SMILES string of the molecule is COc1ccccc1C1=NCC(=O)N(Cc2ccc(F)cc2)c2sc3c(c21)CCCC3. The first-order valence-electron chi connectivity index (χ1n) is 10.5. The van der Waals surface area contributed by atoms with Crippen molar-refractivity contribution in [3.63, 3.8) is 0 Å². The maximum atomic E-state index is 13.4. The Morgan fingerprint density at radius 1 is 1.10 bits per heavy atom. The second kappa shape index (κ2) is 8.27. The van der Waals surface area contributed by atoms with E-state index in [2.05, 4.69) is 0 Å². The van der Waals surface area contributed by atoms with Crippen molar-refractivity contribution < 1.29 is 13.9 Å². The molecule has 1 aliphatic carbocycles. The van der Waals surface area contributed by atoms with Crippen molar-refractivity contribution >= 4 is 28.0 Å². The van der Waals surface area contributed by atoms with Crippen molar-refractivity contribution in [2.45, 2.75) is 32.2 Å². The highest BCUT2D eigenvalue weighted by atomic mass is 32.1. The zero-order valence-electron chi connectivity index (χ0n) is 17.4. The lowest BCUT2D eigenvalue weighted by molar-refractivity contribution is -0.117. The molecule has 0 bridgehead atoms. The van der Waals surface area contributed by atoms with E-state index in [1.807, 2.05) is 29.2 Å². The maximum Gasteiger partial charge on any atom is 0.249 e. The van der Waals surface area contributed by atoms with Gasteiger partial charge in [0, 0.05) is 16.0 Å². The summed E-state index contributed by atoms with van der Waals surface area (Å²) in [4.78, 5) is 21.2. The van der Waals surface area contributed by atoms with Crippen molar-refractivity contribution in [1.29, 1.82) is 0 Å². The molecule has 2 aliphatic rings. The first-order chi connectivity index (χ1) is 15.2. The number of methoxy groups -OCH3 is 1.